The van der Waals surface area contributed by atoms with Gasteiger partial charge in [0.1, 0.15) is 17.2 Å². The zero-order valence-electron chi connectivity index (χ0n) is 15.3. The van der Waals surface area contributed by atoms with Crippen LogP contribution in [0.25, 0.3) is 0 Å². The monoisotopic (exact) mass is 396 g/mol. The van der Waals surface area contributed by atoms with Crippen molar-refractivity contribution in [2.75, 3.05) is 12.9 Å². The molecule has 1 saturated heterocycles. The third-order valence-corrected chi connectivity index (χ3v) is 6.12. The third-order valence-electron chi connectivity index (χ3n) is 4.84. The van der Waals surface area contributed by atoms with E-state index in [-0.39, 0.29) is 17.0 Å². The van der Waals surface area contributed by atoms with Crippen LogP contribution in [-0.2, 0) is 19.1 Å². The Hall–Kier alpha value is -2.77. The molecule has 0 aliphatic carbocycles. The highest BCUT2D eigenvalue weighted by atomic mass is 32.2. The number of thioether (sulfide) groups is 1. The molecule has 1 amide bonds. The minimum Gasteiger partial charge on any atom is -0.498 e. The van der Waals surface area contributed by atoms with E-state index >= 15 is 0 Å². The fourth-order valence-corrected chi connectivity index (χ4v) is 4.64. The number of esters is 1. The molecule has 0 aromatic heterocycles. The summed E-state index contributed by atoms with van der Waals surface area (Å²) < 4.78 is 11.3. The fraction of sp³-hybridized carbons (Fsp3) is 0.238. The van der Waals surface area contributed by atoms with Gasteiger partial charge in [0.2, 0.25) is 5.91 Å². The molecule has 2 N–H and O–H groups in total. The number of β-lactam (4-membered cyclic amide) rings is 1. The van der Waals surface area contributed by atoms with Gasteiger partial charge in [-0.1, -0.05) is 60.7 Å². The molecule has 1 fully saturated rings. The van der Waals surface area contributed by atoms with Crippen LogP contribution in [0, 0.1) is 0 Å². The van der Waals surface area contributed by atoms with Gasteiger partial charge < -0.3 is 15.2 Å². The van der Waals surface area contributed by atoms with Gasteiger partial charge in [-0.05, 0) is 11.1 Å². The van der Waals surface area contributed by atoms with Gasteiger partial charge in [-0.2, -0.15) is 0 Å². The van der Waals surface area contributed by atoms with E-state index in [1.807, 2.05) is 60.7 Å². The first-order valence-electron chi connectivity index (χ1n) is 8.90. The Kier molecular flexibility index (Phi) is 5.11. The van der Waals surface area contributed by atoms with Crippen LogP contribution in [0.3, 0.4) is 0 Å². The van der Waals surface area contributed by atoms with Crippen LogP contribution in [0.4, 0.5) is 0 Å². The first kappa shape index (κ1) is 18.6. The highest BCUT2D eigenvalue weighted by Crippen LogP contribution is 2.40. The number of hydrogen-bond donors (Lipinski definition) is 1. The molecule has 0 radical (unpaired) electrons. The van der Waals surface area contributed by atoms with Crippen molar-refractivity contribution >= 4 is 23.6 Å². The van der Waals surface area contributed by atoms with Crippen molar-refractivity contribution in [1.82, 2.24) is 4.90 Å². The number of nitrogens with two attached hydrogens (primary N) is 1. The molecule has 2 aliphatic heterocycles. The molecule has 0 saturated carbocycles. The van der Waals surface area contributed by atoms with Gasteiger partial charge in [0.25, 0.3) is 0 Å². The lowest BCUT2D eigenvalue weighted by molar-refractivity contribution is -0.153. The number of fused-ring (bicyclic) bond motifs is 1. The van der Waals surface area contributed by atoms with Gasteiger partial charge in [-0.25, -0.2) is 4.79 Å². The maximum absolute atomic E-state index is 13.2. The molecule has 6 nitrogen and oxygen atoms in total. The van der Waals surface area contributed by atoms with Crippen LogP contribution in [-0.4, -0.2) is 41.1 Å². The maximum Gasteiger partial charge on any atom is 0.359 e. The molecule has 2 aromatic rings. The Balaban J connectivity index is 1.68. The normalized spacial score (nSPS) is 21.2. The Morgan fingerprint density at radius 2 is 1.68 bits per heavy atom. The molecular formula is C21H20N2O4S. The Labute approximate surface area is 167 Å². The minimum atomic E-state index is -0.606. The number of nitrogens with zero attached hydrogens (tertiary/aromatic N) is 1. The molecular weight excluding hydrogens is 376 g/mol. The van der Waals surface area contributed by atoms with Gasteiger partial charge in [0.15, 0.2) is 11.8 Å². The van der Waals surface area contributed by atoms with Crippen LogP contribution >= 0.6 is 11.8 Å². The summed E-state index contributed by atoms with van der Waals surface area (Å²) in [4.78, 5) is 26.8. The summed E-state index contributed by atoms with van der Waals surface area (Å²) in [6, 6.07) is 18.4. The van der Waals surface area contributed by atoms with E-state index in [1.54, 1.807) is 0 Å². The van der Waals surface area contributed by atoms with E-state index in [0.29, 0.717) is 11.5 Å². The Bertz CT molecular complexity index is 877. The van der Waals surface area contributed by atoms with Crippen molar-refractivity contribution in [2.24, 2.45) is 5.73 Å². The lowest BCUT2D eigenvalue weighted by Gasteiger charge is -2.47. The predicted octanol–water partition coefficient (Wildman–Crippen LogP) is 2.42. The SMILES string of the molecule is COC1=C(C(=O)OC(c2ccccc2)c2ccccc2)N2C(=O)C(N)[C@@H]2SC1. The Morgan fingerprint density at radius 1 is 1.11 bits per heavy atom. The predicted molar refractivity (Wildman–Crippen MR) is 106 cm³/mol. The van der Waals surface area contributed by atoms with Gasteiger partial charge in [-0.15, -0.1) is 11.8 Å². The Morgan fingerprint density at radius 3 is 2.21 bits per heavy atom. The van der Waals surface area contributed by atoms with Crippen molar-refractivity contribution in [2.45, 2.75) is 17.5 Å². The second-order valence-corrected chi connectivity index (χ2v) is 7.62. The van der Waals surface area contributed by atoms with E-state index in [9.17, 15) is 9.59 Å². The van der Waals surface area contributed by atoms with Crippen molar-refractivity contribution in [3.8, 4) is 0 Å². The molecule has 4 rings (SSSR count). The minimum absolute atomic E-state index is 0.148. The number of carbonyl (C=O) groups is 2. The molecule has 144 valence electrons. The second-order valence-electron chi connectivity index (χ2n) is 6.52. The van der Waals surface area contributed by atoms with E-state index in [0.717, 1.165) is 11.1 Å². The molecule has 1 unspecified atom stereocenters. The summed E-state index contributed by atoms with van der Waals surface area (Å²) in [5.74, 6) is -0.00844. The molecule has 0 spiro atoms. The van der Waals surface area contributed by atoms with Gasteiger partial charge >= 0.3 is 5.97 Å². The van der Waals surface area contributed by atoms with Crippen LogP contribution in [0.15, 0.2) is 72.1 Å². The maximum atomic E-state index is 13.2. The lowest BCUT2D eigenvalue weighted by atomic mass is 10.0. The van der Waals surface area contributed by atoms with E-state index in [1.165, 1.54) is 23.8 Å². The molecule has 7 heteroatoms. The molecule has 2 heterocycles. The topological polar surface area (TPSA) is 81.9 Å². The van der Waals surface area contributed by atoms with Crippen molar-refractivity contribution in [3.63, 3.8) is 0 Å². The fourth-order valence-electron chi connectivity index (χ4n) is 3.38. The second kappa shape index (κ2) is 7.69. The number of methoxy groups -OCH3 is 1. The standard InChI is InChI=1S/C21H20N2O4S/c1-26-15-12-28-20-16(22)19(24)23(20)17(15)21(25)27-18(13-8-4-2-5-9-13)14-10-6-3-7-11-14/h2-11,16,18,20H,12,22H2,1H3/t16?,20-/m0/s1. The zero-order chi connectivity index (χ0) is 19.7. The number of amides is 1. The first-order valence-corrected chi connectivity index (χ1v) is 9.95. The molecule has 0 bridgehead atoms. The first-order chi connectivity index (χ1) is 13.6. The number of rotatable bonds is 5. The average molecular weight is 396 g/mol. The van der Waals surface area contributed by atoms with Gasteiger partial charge in [0, 0.05) is 0 Å². The summed E-state index contributed by atoms with van der Waals surface area (Å²) in [6.07, 6.45) is -0.599. The van der Waals surface area contributed by atoms with Crippen LogP contribution in [0.1, 0.15) is 17.2 Å². The quantitative estimate of drug-likeness (QED) is 0.617. The summed E-state index contributed by atoms with van der Waals surface area (Å²) in [6.45, 7) is 0. The van der Waals surface area contributed by atoms with Gasteiger partial charge in [-0.3, -0.25) is 9.69 Å². The number of benzene rings is 2. The number of ether oxygens (including phenoxy) is 2. The van der Waals surface area contributed by atoms with Crippen molar-refractivity contribution < 1.29 is 19.1 Å². The highest BCUT2D eigenvalue weighted by molar-refractivity contribution is 8.00. The largest absolute Gasteiger partial charge is 0.498 e. The summed E-state index contributed by atoms with van der Waals surface area (Å²) >= 11 is 1.48. The summed E-state index contributed by atoms with van der Waals surface area (Å²) in [5.41, 5.74) is 7.71. The smallest absolute Gasteiger partial charge is 0.359 e. The molecule has 2 atom stereocenters. The van der Waals surface area contributed by atoms with Crippen LogP contribution in [0.5, 0.6) is 0 Å². The van der Waals surface area contributed by atoms with Crippen LogP contribution in [0.2, 0.25) is 0 Å². The molecule has 28 heavy (non-hydrogen) atoms. The van der Waals surface area contributed by atoms with Crippen molar-refractivity contribution in [1.29, 1.82) is 0 Å². The molecule has 2 aliphatic rings. The lowest BCUT2D eigenvalue weighted by Crippen LogP contribution is -2.68. The van der Waals surface area contributed by atoms with Gasteiger partial charge in [0.05, 0.1) is 12.9 Å². The number of carbonyl (C=O) groups excluding carboxylic acids is 2. The average Bonchev–Trinajstić information content (AvgIpc) is 2.76. The van der Waals surface area contributed by atoms with E-state index < -0.39 is 18.1 Å². The van der Waals surface area contributed by atoms with E-state index in [2.05, 4.69) is 0 Å². The highest BCUT2D eigenvalue weighted by Gasteiger charge is 2.53. The van der Waals surface area contributed by atoms with Crippen molar-refractivity contribution in [3.05, 3.63) is 83.2 Å². The summed E-state index contributed by atoms with van der Waals surface area (Å²) in [7, 11) is 1.49. The number of hydrogen-bond acceptors (Lipinski definition) is 6. The molecule has 2 aromatic carbocycles. The van der Waals surface area contributed by atoms with Crippen LogP contribution < -0.4 is 5.73 Å². The summed E-state index contributed by atoms with van der Waals surface area (Å²) in [5, 5.41) is -0.263. The zero-order valence-corrected chi connectivity index (χ0v) is 16.1. The third kappa shape index (κ3) is 3.16. The van der Waals surface area contributed by atoms with E-state index in [4.69, 9.17) is 15.2 Å².